The zero-order valence-electron chi connectivity index (χ0n) is 16.7. The van der Waals surface area contributed by atoms with E-state index in [1.54, 1.807) is 19.1 Å². The lowest BCUT2D eigenvalue weighted by Gasteiger charge is -2.07. The molecule has 0 saturated carbocycles. The summed E-state index contributed by atoms with van der Waals surface area (Å²) in [4.78, 5) is 23.9. The fourth-order valence-corrected chi connectivity index (χ4v) is 2.75. The highest BCUT2D eigenvalue weighted by molar-refractivity contribution is 5.94. The van der Waals surface area contributed by atoms with Crippen LogP contribution in [0.5, 0.6) is 0 Å². The van der Waals surface area contributed by atoms with Crippen molar-refractivity contribution in [2.24, 2.45) is 0 Å². The molecule has 0 radical (unpaired) electrons. The number of hydrogen-bond donors (Lipinski definition) is 2. The van der Waals surface area contributed by atoms with Crippen LogP contribution in [0.1, 0.15) is 34.7 Å². The predicted molar refractivity (Wildman–Crippen MR) is 109 cm³/mol. The van der Waals surface area contributed by atoms with E-state index in [1.165, 1.54) is 6.07 Å². The van der Waals surface area contributed by atoms with E-state index in [9.17, 15) is 14.0 Å². The first kappa shape index (κ1) is 21.2. The minimum Gasteiger partial charge on any atom is -0.421 e. The Bertz CT molecular complexity index is 1000. The topological polar surface area (TPSA) is 97.1 Å². The highest BCUT2D eigenvalue weighted by atomic mass is 19.1. The molecular weight excluding hydrogens is 387 g/mol. The van der Waals surface area contributed by atoms with Crippen molar-refractivity contribution >= 4 is 11.8 Å². The Morgan fingerprint density at radius 3 is 2.57 bits per heavy atom. The molecule has 0 aliphatic heterocycles. The van der Waals surface area contributed by atoms with E-state index in [1.807, 2.05) is 30.3 Å². The fraction of sp³-hybridized carbons (Fsp3) is 0.273. The van der Waals surface area contributed by atoms with Gasteiger partial charge in [0.05, 0.1) is 0 Å². The van der Waals surface area contributed by atoms with E-state index in [-0.39, 0.29) is 30.5 Å². The molecule has 1 aromatic heterocycles. The van der Waals surface area contributed by atoms with Crippen LogP contribution in [0.3, 0.4) is 0 Å². The first-order chi connectivity index (χ1) is 14.5. The van der Waals surface area contributed by atoms with Crippen LogP contribution in [0.15, 0.2) is 52.9 Å². The van der Waals surface area contributed by atoms with Crippen LogP contribution in [0.25, 0.3) is 11.5 Å². The van der Waals surface area contributed by atoms with Crippen LogP contribution in [-0.2, 0) is 11.2 Å². The number of hydrogen-bond acceptors (Lipinski definition) is 5. The molecule has 0 aliphatic rings. The maximum atomic E-state index is 13.5. The number of benzene rings is 2. The van der Waals surface area contributed by atoms with E-state index in [2.05, 4.69) is 20.8 Å². The third-order valence-corrected chi connectivity index (χ3v) is 4.45. The molecule has 3 rings (SSSR count). The first-order valence-corrected chi connectivity index (χ1v) is 9.72. The van der Waals surface area contributed by atoms with E-state index < -0.39 is 5.82 Å². The monoisotopic (exact) mass is 410 g/mol. The maximum Gasteiger partial charge on any atom is 0.251 e. The molecule has 0 atom stereocenters. The van der Waals surface area contributed by atoms with Crippen LogP contribution in [0.4, 0.5) is 4.39 Å². The second kappa shape index (κ2) is 10.3. The van der Waals surface area contributed by atoms with Gasteiger partial charge >= 0.3 is 0 Å². The van der Waals surface area contributed by atoms with Gasteiger partial charge in [-0.15, -0.1) is 10.2 Å². The Morgan fingerprint density at radius 1 is 1.03 bits per heavy atom. The minimum absolute atomic E-state index is 0.131. The molecule has 8 heteroatoms. The van der Waals surface area contributed by atoms with Crippen molar-refractivity contribution in [1.82, 2.24) is 20.8 Å². The molecule has 30 heavy (non-hydrogen) atoms. The molecule has 0 aliphatic carbocycles. The number of amides is 2. The molecule has 0 unspecified atom stereocenters. The van der Waals surface area contributed by atoms with E-state index in [4.69, 9.17) is 4.42 Å². The maximum absolute atomic E-state index is 13.5. The van der Waals surface area contributed by atoms with Crippen molar-refractivity contribution in [3.8, 4) is 11.5 Å². The van der Waals surface area contributed by atoms with Gasteiger partial charge in [0, 0.05) is 37.1 Å². The summed E-state index contributed by atoms with van der Waals surface area (Å²) in [7, 11) is 0. The number of halogens is 1. The summed E-state index contributed by atoms with van der Waals surface area (Å²) < 4.78 is 19.1. The lowest BCUT2D eigenvalue weighted by atomic mass is 10.1. The van der Waals surface area contributed by atoms with Crippen molar-refractivity contribution in [3.63, 3.8) is 0 Å². The standard InChI is InChI=1S/C22H23FN4O3/c1-15-10-11-17(14-18(15)23)21(29)25-13-12-24-19(28)8-5-9-20-26-27-22(30-20)16-6-3-2-4-7-16/h2-4,6-7,10-11,14H,5,8-9,12-13H2,1H3,(H,24,28)(H,25,29). The molecule has 0 fully saturated rings. The summed E-state index contributed by atoms with van der Waals surface area (Å²) in [5.41, 5.74) is 1.58. The Hall–Kier alpha value is -3.55. The van der Waals surface area contributed by atoms with E-state index in [0.29, 0.717) is 36.6 Å². The smallest absolute Gasteiger partial charge is 0.251 e. The normalized spacial score (nSPS) is 10.6. The molecule has 1 heterocycles. The predicted octanol–water partition coefficient (Wildman–Crippen LogP) is 3.05. The van der Waals surface area contributed by atoms with Gasteiger partial charge in [0.1, 0.15) is 5.82 Å². The highest BCUT2D eigenvalue weighted by Crippen LogP contribution is 2.17. The third kappa shape index (κ3) is 5.97. The SMILES string of the molecule is Cc1ccc(C(=O)NCCNC(=O)CCCc2nnc(-c3ccccc3)o2)cc1F. The largest absolute Gasteiger partial charge is 0.421 e. The van der Waals surface area contributed by atoms with Crippen LogP contribution in [-0.4, -0.2) is 35.1 Å². The van der Waals surface area contributed by atoms with Gasteiger partial charge in [0.15, 0.2) is 0 Å². The first-order valence-electron chi connectivity index (χ1n) is 9.72. The third-order valence-electron chi connectivity index (χ3n) is 4.45. The Kier molecular flexibility index (Phi) is 7.26. The molecule has 2 N–H and O–H groups in total. The van der Waals surface area contributed by atoms with Gasteiger partial charge in [0.2, 0.25) is 17.7 Å². The van der Waals surface area contributed by atoms with Crippen LogP contribution < -0.4 is 10.6 Å². The molecule has 0 spiro atoms. The van der Waals surface area contributed by atoms with Crippen molar-refractivity contribution < 1.29 is 18.4 Å². The Balaban J connectivity index is 1.32. The molecule has 156 valence electrons. The van der Waals surface area contributed by atoms with E-state index in [0.717, 1.165) is 5.56 Å². The number of aryl methyl sites for hydroxylation is 2. The van der Waals surface area contributed by atoms with Gasteiger partial charge in [-0.3, -0.25) is 9.59 Å². The average Bonchev–Trinajstić information content (AvgIpc) is 3.22. The summed E-state index contributed by atoms with van der Waals surface area (Å²) >= 11 is 0. The molecule has 2 amide bonds. The molecule has 3 aromatic rings. The van der Waals surface area contributed by atoms with E-state index >= 15 is 0 Å². The summed E-state index contributed by atoms with van der Waals surface area (Å²) in [6.45, 7) is 2.18. The summed E-state index contributed by atoms with van der Waals surface area (Å²) in [5, 5.41) is 13.4. The summed E-state index contributed by atoms with van der Waals surface area (Å²) in [6.07, 6.45) is 1.38. The zero-order valence-corrected chi connectivity index (χ0v) is 16.7. The van der Waals surface area contributed by atoms with Crippen LogP contribution >= 0.6 is 0 Å². The lowest BCUT2D eigenvalue weighted by Crippen LogP contribution is -2.34. The molecule has 2 aromatic carbocycles. The van der Waals surface area contributed by atoms with Gasteiger partial charge in [-0.25, -0.2) is 4.39 Å². The van der Waals surface area contributed by atoms with Crippen molar-refractivity contribution in [2.45, 2.75) is 26.2 Å². The number of carbonyl (C=O) groups excluding carboxylic acids is 2. The number of nitrogens with zero attached hydrogens (tertiary/aromatic N) is 2. The van der Waals surface area contributed by atoms with Gasteiger partial charge in [-0.05, 0) is 43.2 Å². The van der Waals surface area contributed by atoms with Crippen molar-refractivity contribution in [1.29, 1.82) is 0 Å². The number of nitrogens with one attached hydrogen (secondary N) is 2. The zero-order chi connectivity index (χ0) is 21.3. The number of aromatic nitrogens is 2. The lowest BCUT2D eigenvalue weighted by molar-refractivity contribution is -0.121. The van der Waals surface area contributed by atoms with Crippen molar-refractivity contribution in [2.75, 3.05) is 13.1 Å². The van der Waals surface area contributed by atoms with Crippen LogP contribution in [0, 0.1) is 12.7 Å². The fourth-order valence-electron chi connectivity index (χ4n) is 2.75. The van der Waals surface area contributed by atoms with Gasteiger partial charge < -0.3 is 15.1 Å². The van der Waals surface area contributed by atoms with Crippen molar-refractivity contribution in [3.05, 3.63) is 71.4 Å². The minimum atomic E-state index is -0.423. The van der Waals surface area contributed by atoms with Gasteiger partial charge in [0.25, 0.3) is 5.91 Å². The quantitative estimate of drug-likeness (QED) is 0.529. The second-order valence-electron chi connectivity index (χ2n) is 6.79. The van der Waals surface area contributed by atoms with Gasteiger partial charge in [-0.2, -0.15) is 0 Å². The molecule has 0 saturated heterocycles. The van der Waals surface area contributed by atoms with Crippen LogP contribution in [0.2, 0.25) is 0 Å². The number of carbonyl (C=O) groups is 2. The average molecular weight is 410 g/mol. The summed E-state index contributed by atoms with van der Waals surface area (Å²) in [6, 6.07) is 13.8. The Morgan fingerprint density at radius 2 is 1.80 bits per heavy atom. The molecule has 0 bridgehead atoms. The summed E-state index contributed by atoms with van der Waals surface area (Å²) in [5.74, 6) is 0.00813. The molecule has 7 nitrogen and oxygen atoms in total. The van der Waals surface area contributed by atoms with Gasteiger partial charge in [-0.1, -0.05) is 24.3 Å². The Labute approximate surface area is 173 Å². The molecular formula is C22H23FN4O3. The second-order valence-corrected chi connectivity index (χ2v) is 6.79. The highest BCUT2D eigenvalue weighted by Gasteiger charge is 2.10. The number of rotatable bonds is 9.